The highest BCUT2D eigenvalue weighted by molar-refractivity contribution is 6.33. The van der Waals surface area contributed by atoms with E-state index in [0.717, 1.165) is 0 Å². The lowest BCUT2D eigenvalue weighted by Gasteiger charge is -2.41. The zero-order valence-corrected chi connectivity index (χ0v) is 16.2. The average Bonchev–Trinajstić information content (AvgIpc) is 2.60. The molecule has 0 aliphatic heterocycles. The van der Waals surface area contributed by atoms with E-state index < -0.39 is 28.0 Å². The summed E-state index contributed by atoms with van der Waals surface area (Å²) in [6.45, 7) is 5.20. The lowest BCUT2D eigenvalue weighted by molar-refractivity contribution is -0.385. The van der Waals surface area contributed by atoms with Crippen LogP contribution in [0.3, 0.4) is 0 Å². The van der Waals surface area contributed by atoms with Crippen LogP contribution in [0.1, 0.15) is 41.5 Å². The van der Waals surface area contributed by atoms with Gasteiger partial charge in [0, 0.05) is 12.6 Å². The predicted molar refractivity (Wildman–Crippen MR) is 103 cm³/mol. The van der Waals surface area contributed by atoms with Crippen LogP contribution in [0.2, 0.25) is 5.02 Å². The van der Waals surface area contributed by atoms with Crippen LogP contribution in [-0.4, -0.2) is 39.3 Å². The van der Waals surface area contributed by atoms with Gasteiger partial charge >= 0.3 is 5.69 Å². The number of carbonyl (C=O) groups excluding carboxylic acids is 2. The molecule has 0 spiro atoms. The number of rotatable bonds is 3. The second-order valence-electron chi connectivity index (χ2n) is 6.88. The van der Waals surface area contributed by atoms with E-state index in [1.54, 1.807) is 51.1 Å². The first kappa shape index (κ1) is 20.4. The maximum Gasteiger partial charge on any atom is 0.300 e. The maximum atomic E-state index is 13.2. The number of hydrogen-bond donors (Lipinski definition) is 0. The summed E-state index contributed by atoms with van der Waals surface area (Å²) >= 11 is 5.93. The number of benzene rings is 2. The van der Waals surface area contributed by atoms with Gasteiger partial charge < -0.3 is 0 Å². The first-order valence-electron chi connectivity index (χ1n) is 8.16. The quantitative estimate of drug-likeness (QED) is 0.582. The van der Waals surface area contributed by atoms with Crippen molar-refractivity contribution in [3.63, 3.8) is 0 Å². The van der Waals surface area contributed by atoms with Gasteiger partial charge in [0.15, 0.2) is 0 Å². The number of hydrogen-bond acceptors (Lipinski definition) is 4. The maximum absolute atomic E-state index is 13.2. The fraction of sp³-hybridized carbons (Fsp3) is 0.263. The number of nitrogens with zero attached hydrogens (tertiary/aromatic N) is 3. The average molecular weight is 390 g/mol. The molecular formula is C19H20ClN3O4. The van der Waals surface area contributed by atoms with Crippen LogP contribution < -0.4 is 0 Å². The Morgan fingerprint density at radius 2 is 1.59 bits per heavy atom. The molecule has 2 aromatic carbocycles. The van der Waals surface area contributed by atoms with E-state index in [9.17, 15) is 19.7 Å². The minimum atomic E-state index is -0.827. The smallest absolute Gasteiger partial charge is 0.267 e. The summed E-state index contributed by atoms with van der Waals surface area (Å²) in [5.41, 5.74) is -1.11. The molecule has 0 aromatic heterocycles. The third kappa shape index (κ3) is 4.25. The van der Waals surface area contributed by atoms with E-state index >= 15 is 0 Å². The molecule has 0 atom stereocenters. The Labute approximate surface area is 162 Å². The van der Waals surface area contributed by atoms with E-state index in [-0.39, 0.29) is 10.6 Å². The minimum Gasteiger partial charge on any atom is -0.267 e. The molecule has 0 aliphatic rings. The summed E-state index contributed by atoms with van der Waals surface area (Å²) < 4.78 is 0. The van der Waals surface area contributed by atoms with Gasteiger partial charge in [0.25, 0.3) is 11.8 Å². The molecular weight excluding hydrogens is 370 g/mol. The fourth-order valence-corrected chi connectivity index (χ4v) is 2.98. The number of nitro groups is 1. The van der Waals surface area contributed by atoms with Gasteiger partial charge in [0.2, 0.25) is 0 Å². The van der Waals surface area contributed by atoms with Crippen molar-refractivity contribution in [2.75, 3.05) is 7.05 Å². The number of para-hydroxylation sites is 1. The van der Waals surface area contributed by atoms with E-state index in [2.05, 4.69) is 0 Å². The van der Waals surface area contributed by atoms with Gasteiger partial charge in [-0.25, -0.2) is 10.0 Å². The molecule has 142 valence electrons. The molecule has 0 radical (unpaired) electrons. The SMILES string of the molecule is CN(C(=O)c1ccccc1)N(C(=O)c1cccc(Cl)c1[N+](=O)[O-])C(C)(C)C. The second kappa shape index (κ2) is 7.75. The molecule has 2 aromatic rings. The Kier molecular flexibility index (Phi) is 5.85. The van der Waals surface area contributed by atoms with Crippen LogP contribution in [0.4, 0.5) is 5.69 Å². The predicted octanol–water partition coefficient (Wildman–Crippen LogP) is 4.18. The largest absolute Gasteiger partial charge is 0.300 e. The molecule has 0 N–H and O–H groups in total. The van der Waals surface area contributed by atoms with Crippen molar-refractivity contribution in [3.05, 3.63) is 74.8 Å². The Bertz CT molecular complexity index is 878. The van der Waals surface area contributed by atoms with Gasteiger partial charge in [-0.15, -0.1) is 0 Å². The third-order valence-electron chi connectivity index (χ3n) is 3.84. The van der Waals surface area contributed by atoms with Crippen LogP contribution in [0, 0.1) is 10.1 Å². The Hall–Kier alpha value is -2.93. The molecule has 0 fully saturated rings. The Morgan fingerprint density at radius 3 is 2.11 bits per heavy atom. The summed E-state index contributed by atoms with van der Waals surface area (Å²) in [5.74, 6) is -1.10. The molecule has 27 heavy (non-hydrogen) atoms. The highest BCUT2D eigenvalue weighted by Gasteiger charge is 2.37. The molecule has 0 saturated carbocycles. The second-order valence-corrected chi connectivity index (χ2v) is 7.28. The van der Waals surface area contributed by atoms with Crippen molar-refractivity contribution in [2.24, 2.45) is 0 Å². The van der Waals surface area contributed by atoms with Gasteiger partial charge in [-0.05, 0) is 45.0 Å². The standard InChI is InChI=1S/C19H20ClN3O4/c1-19(2,3)22(21(4)17(24)13-9-6-5-7-10-13)18(25)14-11-8-12-15(20)16(14)23(26)27/h5-12H,1-4H3. The zero-order chi connectivity index (χ0) is 20.4. The summed E-state index contributed by atoms with van der Waals surface area (Å²) in [6, 6.07) is 12.6. The Balaban J connectivity index is 2.53. The van der Waals surface area contributed by atoms with E-state index in [1.807, 2.05) is 0 Å². The number of carbonyl (C=O) groups is 2. The van der Waals surface area contributed by atoms with Crippen molar-refractivity contribution >= 4 is 29.1 Å². The van der Waals surface area contributed by atoms with Crippen LogP contribution in [0.15, 0.2) is 48.5 Å². The van der Waals surface area contributed by atoms with Gasteiger partial charge in [0.1, 0.15) is 10.6 Å². The number of hydrazine groups is 1. The molecule has 0 aliphatic carbocycles. The van der Waals surface area contributed by atoms with Crippen molar-refractivity contribution in [1.82, 2.24) is 10.0 Å². The summed E-state index contributed by atoms with van der Waals surface area (Å²) in [6.07, 6.45) is 0. The number of amides is 2. The number of halogens is 1. The van der Waals surface area contributed by atoms with Crippen LogP contribution in [0.25, 0.3) is 0 Å². The van der Waals surface area contributed by atoms with Crippen LogP contribution >= 0.6 is 11.6 Å². The highest BCUT2D eigenvalue weighted by atomic mass is 35.5. The van der Waals surface area contributed by atoms with Crippen molar-refractivity contribution < 1.29 is 14.5 Å². The molecule has 0 saturated heterocycles. The summed E-state index contributed by atoms with van der Waals surface area (Å²) in [5, 5.41) is 13.6. The molecule has 0 heterocycles. The van der Waals surface area contributed by atoms with Gasteiger partial charge in [-0.3, -0.25) is 19.7 Å². The number of nitro benzene ring substituents is 1. The van der Waals surface area contributed by atoms with Crippen molar-refractivity contribution in [1.29, 1.82) is 0 Å². The molecule has 2 amide bonds. The molecule has 0 bridgehead atoms. The fourth-order valence-electron chi connectivity index (χ4n) is 2.74. The first-order valence-corrected chi connectivity index (χ1v) is 8.54. The zero-order valence-electron chi connectivity index (χ0n) is 15.5. The Morgan fingerprint density at radius 1 is 1.00 bits per heavy atom. The topological polar surface area (TPSA) is 83.8 Å². The van der Waals surface area contributed by atoms with E-state index in [0.29, 0.717) is 5.56 Å². The summed E-state index contributed by atoms with van der Waals surface area (Å²) in [7, 11) is 1.45. The van der Waals surface area contributed by atoms with Crippen LogP contribution in [-0.2, 0) is 0 Å². The molecule has 7 nitrogen and oxygen atoms in total. The molecule has 8 heteroatoms. The monoisotopic (exact) mass is 389 g/mol. The lowest BCUT2D eigenvalue weighted by atomic mass is 10.0. The summed E-state index contributed by atoms with van der Waals surface area (Å²) in [4.78, 5) is 36.8. The van der Waals surface area contributed by atoms with Crippen molar-refractivity contribution in [2.45, 2.75) is 26.3 Å². The van der Waals surface area contributed by atoms with Crippen molar-refractivity contribution in [3.8, 4) is 0 Å². The van der Waals surface area contributed by atoms with Gasteiger partial charge in [-0.1, -0.05) is 35.9 Å². The van der Waals surface area contributed by atoms with Gasteiger partial charge in [0.05, 0.1) is 10.5 Å². The van der Waals surface area contributed by atoms with Gasteiger partial charge in [-0.2, -0.15) is 0 Å². The van der Waals surface area contributed by atoms with E-state index in [1.165, 1.54) is 35.3 Å². The van der Waals surface area contributed by atoms with E-state index in [4.69, 9.17) is 11.6 Å². The molecule has 0 unspecified atom stereocenters. The first-order chi connectivity index (χ1) is 12.6. The lowest BCUT2D eigenvalue weighted by Crippen LogP contribution is -2.56. The molecule has 2 rings (SSSR count). The third-order valence-corrected chi connectivity index (χ3v) is 4.15. The minimum absolute atomic E-state index is 0.142. The highest BCUT2D eigenvalue weighted by Crippen LogP contribution is 2.31. The van der Waals surface area contributed by atoms with Crippen LogP contribution in [0.5, 0.6) is 0 Å². The normalized spacial score (nSPS) is 11.0.